The van der Waals surface area contributed by atoms with Crippen LogP contribution in [0.15, 0.2) is 42.6 Å². The lowest BCUT2D eigenvalue weighted by Gasteiger charge is -2.10. The monoisotopic (exact) mass is 339 g/mol. The number of rotatable bonds is 8. The molecule has 0 aliphatic heterocycles. The van der Waals surface area contributed by atoms with Crippen LogP contribution >= 0.6 is 0 Å². The number of benzene rings is 1. The molecule has 0 unspecified atom stereocenters. The first kappa shape index (κ1) is 18.6. The molecule has 0 radical (unpaired) electrons. The summed E-state index contributed by atoms with van der Waals surface area (Å²) in [5, 5.41) is 5.74. The van der Waals surface area contributed by atoms with E-state index < -0.39 is 0 Å². The van der Waals surface area contributed by atoms with Gasteiger partial charge >= 0.3 is 0 Å². The van der Waals surface area contributed by atoms with Crippen molar-refractivity contribution in [1.82, 2.24) is 10.3 Å². The van der Waals surface area contributed by atoms with Gasteiger partial charge in [0.25, 0.3) is 11.8 Å². The SMILES string of the molecule is CCCCCNC(=O)c1cc(C(=O)Nc2ccccc2CC)ccn1. The van der Waals surface area contributed by atoms with Gasteiger partial charge in [-0.25, -0.2) is 0 Å². The molecule has 0 atom stereocenters. The Balaban J connectivity index is 2.04. The number of unbranched alkanes of at least 4 members (excludes halogenated alkanes) is 2. The van der Waals surface area contributed by atoms with Gasteiger partial charge in [0.05, 0.1) is 0 Å². The number of para-hydroxylation sites is 1. The van der Waals surface area contributed by atoms with E-state index in [9.17, 15) is 9.59 Å². The minimum atomic E-state index is -0.250. The molecule has 2 aromatic rings. The molecular weight excluding hydrogens is 314 g/mol. The Labute approximate surface area is 148 Å². The predicted octanol–water partition coefficient (Wildman–Crippen LogP) is 3.82. The van der Waals surface area contributed by atoms with E-state index in [0.717, 1.165) is 36.9 Å². The Hall–Kier alpha value is -2.69. The van der Waals surface area contributed by atoms with Crippen molar-refractivity contribution in [3.05, 3.63) is 59.4 Å². The van der Waals surface area contributed by atoms with Crippen LogP contribution in [0.1, 0.15) is 59.5 Å². The summed E-state index contributed by atoms with van der Waals surface area (Å²) in [4.78, 5) is 28.7. The summed E-state index contributed by atoms with van der Waals surface area (Å²) in [5.74, 6) is -0.497. The summed E-state index contributed by atoms with van der Waals surface area (Å²) in [5.41, 5.74) is 2.53. The molecule has 2 N–H and O–H groups in total. The molecule has 25 heavy (non-hydrogen) atoms. The number of nitrogens with zero attached hydrogens (tertiary/aromatic N) is 1. The van der Waals surface area contributed by atoms with Gasteiger partial charge in [-0.15, -0.1) is 0 Å². The molecule has 2 rings (SSSR count). The third-order valence-electron chi connectivity index (χ3n) is 3.97. The molecule has 5 nitrogen and oxygen atoms in total. The van der Waals surface area contributed by atoms with Crippen LogP contribution in [-0.2, 0) is 6.42 Å². The number of hydrogen-bond acceptors (Lipinski definition) is 3. The van der Waals surface area contributed by atoms with Crippen molar-refractivity contribution in [2.75, 3.05) is 11.9 Å². The number of carbonyl (C=O) groups excluding carboxylic acids is 2. The van der Waals surface area contributed by atoms with Crippen LogP contribution in [0.2, 0.25) is 0 Å². The van der Waals surface area contributed by atoms with Gasteiger partial charge < -0.3 is 10.6 Å². The maximum Gasteiger partial charge on any atom is 0.269 e. The molecule has 5 heteroatoms. The van der Waals surface area contributed by atoms with Crippen molar-refractivity contribution in [1.29, 1.82) is 0 Å². The van der Waals surface area contributed by atoms with Crippen LogP contribution in [0.25, 0.3) is 0 Å². The third-order valence-corrected chi connectivity index (χ3v) is 3.97. The Bertz CT molecular complexity index is 728. The second-order valence-electron chi connectivity index (χ2n) is 5.86. The number of hydrogen-bond donors (Lipinski definition) is 2. The van der Waals surface area contributed by atoms with Gasteiger partial charge in [-0.3, -0.25) is 14.6 Å². The van der Waals surface area contributed by atoms with Crippen LogP contribution in [0, 0.1) is 0 Å². The van der Waals surface area contributed by atoms with Gasteiger partial charge in [0.2, 0.25) is 0 Å². The van der Waals surface area contributed by atoms with Crippen LogP contribution in [0.5, 0.6) is 0 Å². The summed E-state index contributed by atoms with van der Waals surface area (Å²) in [6, 6.07) is 10.8. The van der Waals surface area contributed by atoms with Gasteiger partial charge in [0.1, 0.15) is 5.69 Å². The quantitative estimate of drug-likeness (QED) is 0.718. The molecule has 0 spiro atoms. The average Bonchev–Trinajstić information content (AvgIpc) is 2.65. The molecule has 0 saturated heterocycles. The molecule has 132 valence electrons. The van der Waals surface area contributed by atoms with Crippen molar-refractivity contribution >= 4 is 17.5 Å². The summed E-state index contributed by atoms with van der Waals surface area (Å²) in [6.07, 6.45) is 5.44. The normalized spacial score (nSPS) is 10.3. The molecule has 0 fully saturated rings. The summed E-state index contributed by atoms with van der Waals surface area (Å²) < 4.78 is 0. The lowest BCUT2D eigenvalue weighted by Crippen LogP contribution is -2.26. The Morgan fingerprint density at radius 3 is 2.60 bits per heavy atom. The molecule has 1 heterocycles. The average molecular weight is 339 g/mol. The number of aryl methyl sites for hydroxylation is 1. The van der Waals surface area contributed by atoms with E-state index in [1.54, 1.807) is 6.07 Å². The van der Waals surface area contributed by atoms with E-state index in [-0.39, 0.29) is 17.5 Å². The smallest absolute Gasteiger partial charge is 0.269 e. The highest BCUT2D eigenvalue weighted by Crippen LogP contribution is 2.16. The third kappa shape index (κ3) is 5.41. The highest BCUT2D eigenvalue weighted by Gasteiger charge is 2.12. The highest BCUT2D eigenvalue weighted by atomic mass is 16.2. The van der Waals surface area contributed by atoms with Crippen molar-refractivity contribution in [3.8, 4) is 0 Å². The number of nitrogens with one attached hydrogen (secondary N) is 2. The highest BCUT2D eigenvalue weighted by molar-refractivity contribution is 6.06. The summed E-state index contributed by atoms with van der Waals surface area (Å²) >= 11 is 0. The van der Waals surface area contributed by atoms with Gasteiger partial charge in [-0.2, -0.15) is 0 Å². The van der Waals surface area contributed by atoms with Crippen LogP contribution in [-0.4, -0.2) is 23.3 Å². The molecular formula is C20H25N3O2. The molecule has 0 aliphatic rings. The minimum Gasteiger partial charge on any atom is -0.351 e. The molecule has 0 aliphatic carbocycles. The predicted molar refractivity (Wildman–Crippen MR) is 99.9 cm³/mol. The molecule has 2 amide bonds. The molecule has 0 bridgehead atoms. The molecule has 1 aromatic heterocycles. The largest absolute Gasteiger partial charge is 0.351 e. The van der Waals surface area contributed by atoms with Crippen molar-refractivity contribution in [3.63, 3.8) is 0 Å². The van der Waals surface area contributed by atoms with Gasteiger partial charge in [0.15, 0.2) is 0 Å². The van der Waals surface area contributed by atoms with Gasteiger partial charge in [-0.05, 0) is 36.6 Å². The second-order valence-corrected chi connectivity index (χ2v) is 5.86. The fourth-order valence-electron chi connectivity index (χ4n) is 2.51. The van der Waals surface area contributed by atoms with Crippen LogP contribution in [0.3, 0.4) is 0 Å². The van der Waals surface area contributed by atoms with Crippen LogP contribution in [0.4, 0.5) is 5.69 Å². The van der Waals surface area contributed by atoms with Crippen LogP contribution < -0.4 is 10.6 Å². The van der Waals surface area contributed by atoms with Crippen molar-refractivity contribution in [2.24, 2.45) is 0 Å². The fourth-order valence-corrected chi connectivity index (χ4v) is 2.51. The number of anilines is 1. The maximum absolute atomic E-state index is 12.5. The maximum atomic E-state index is 12.5. The van der Waals surface area contributed by atoms with Crippen molar-refractivity contribution < 1.29 is 9.59 Å². The van der Waals surface area contributed by atoms with E-state index in [4.69, 9.17) is 0 Å². The first-order valence-electron chi connectivity index (χ1n) is 8.79. The number of amides is 2. The van der Waals surface area contributed by atoms with E-state index in [1.165, 1.54) is 12.3 Å². The number of carbonyl (C=O) groups is 2. The second kappa shape index (κ2) is 9.57. The minimum absolute atomic E-state index is 0.247. The van der Waals surface area contributed by atoms with Crippen molar-refractivity contribution in [2.45, 2.75) is 39.5 Å². The van der Waals surface area contributed by atoms with E-state index in [0.29, 0.717) is 12.1 Å². The lowest BCUT2D eigenvalue weighted by molar-refractivity contribution is 0.0948. The lowest BCUT2D eigenvalue weighted by atomic mass is 10.1. The Morgan fingerprint density at radius 2 is 1.84 bits per heavy atom. The zero-order valence-electron chi connectivity index (χ0n) is 14.8. The Morgan fingerprint density at radius 1 is 1.04 bits per heavy atom. The van der Waals surface area contributed by atoms with E-state index >= 15 is 0 Å². The summed E-state index contributed by atoms with van der Waals surface area (Å²) in [6.45, 7) is 4.77. The topological polar surface area (TPSA) is 71.1 Å². The zero-order chi connectivity index (χ0) is 18.1. The number of aromatic nitrogens is 1. The first-order valence-corrected chi connectivity index (χ1v) is 8.79. The Kier molecular flexibility index (Phi) is 7.14. The van der Waals surface area contributed by atoms with E-state index in [2.05, 4.69) is 22.5 Å². The summed E-state index contributed by atoms with van der Waals surface area (Å²) in [7, 11) is 0. The number of pyridine rings is 1. The zero-order valence-corrected chi connectivity index (χ0v) is 14.8. The van der Waals surface area contributed by atoms with Gasteiger partial charge in [-0.1, -0.05) is 44.9 Å². The molecule has 1 aromatic carbocycles. The fraction of sp³-hybridized carbons (Fsp3) is 0.350. The van der Waals surface area contributed by atoms with E-state index in [1.807, 2.05) is 31.2 Å². The van der Waals surface area contributed by atoms with Gasteiger partial charge in [0, 0.05) is 24.0 Å². The standard InChI is InChI=1S/C20H25N3O2/c1-3-5-8-12-22-20(25)18-14-16(11-13-21-18)19(24)23-17-10-7-6-9-15(17)4-2/h6-7,9-11,13-14H,3-5,8,12H2,1-2H3,(H,22,25)(H,23,24). The molecule has 0 saturated carbocycles. The first-order chi connectivity index (χ1) is 12.2.